The van der Waals surface area contributed by atoms with Crippen molar-refractivity contribution in [2.45, 2.75) is 19.9 Å². The average Bonchev–Trinajstić information content (AvgIpc) is 2.69. The summed E-state index contributed by atoms with van der Waals surface area (Å²) in [6.45, 7) is 3.04. The molecule has 0 saturated carbocycles. The van der Waals surface area contributed by atoms with E-state index in [4.69, 9.17) is 0 Å². The third-order valence-corrected chi connectivity index (χ3v) is 4.52. The van der Waals surface area contributed by atoms with Crippen molar-refractivity contribution >= 4 is 23.5 Å². The first-order valence-corrected chi connectivity index (χ1v) is 8.91. The zero-order valence-corrected chi connectivity index (χ0v) is 15.6. The molecule has 0 aliphatic carbocycles. The van der Waals surface area contributed by atoms with E-state index in [1.165, 1.54) is 22.2 Å². The van der Waals surface area contributed by atoms with Gasteiger partial charge in [-0.15, -0.1) is 0 Å². The maximum atomic E-state index is 13.2. The Bertz CT molecular complexity index is 910. The average molecular weight is 378 g/mol. The molecule has 0 spiro atoms. The van der Waals surface area contributed by atoms with Crippen molar-refractivity contribution < 1.29 is 19.5 Å². The fourth-order valence-corrected chi connectivity index (χ4v) is 3.25. The number of aromatic nitrogens is 1. The number of benzene rings is 1. The van der Waals surface area contributed by atoms with Gasteiger partial charge in [0.15, 0.2) is 0 Å². The molecule has 7 heteroatoms. The van der Waals surface area contributed by atoms with Gasteiger partial charge in [-0.3, -0.25) is 14.6 Å². The number of aliphatic carboxylic acids is 1. The van der Waals surface area contributed by atoms with E-state index in [0.29, 0.717) is 16.8 Å². The highest BCUT2D eigenvalue weighted by Gasteiger charge is 2.40. The molecule has 0 saturated heterocycles. The molecule has 0 radical (unpaired) electrons. The second kappa shape index (κ2) is 8.04. The van der Waals surface area contributed by atoms with Crippen LogP contribution in [-0.2, 0) is 9.59 Å². The molecule has 7 nitrogen and oxygen atoms in total. The lowest BCUT2D eigenvalue weighted by Gasteiger charge is -2.41. The Morgan fingerprint density at radius 1 is 1.11 bits per heavy atom. The van der Waals surface area contributed by atoms with Crippen LogP contribution in [0.5, 0.6) is 0 Å². The van der Waals surface area contributed by atoms with Crippen LogP contribution in [-0.4, -0.2) is 45.2 Å². The molecule has 1 aromatic carbocycles. The second-order valence-electron chi connectivity index (χ2n) is 6.81. The van der Waals surface area contributed by atoms with E-state index >= 15 is 0 Å². The van der Waals surface area contributed by atoms with Crippen LogP contribution >= 0.6 is 0 Å². The highest BCUT2D eigenvalue weighted by atomic mass is 16.4. The summed E-state index contributed by atoms with van der Waals surface area (Å²) in [5, 5.41) is 11.3. The molecule has 2 aromatic rings. The number of carbonyl (C=O) groups is 3. The molecular formula is C21H20N3O4-. The molecule has 2 amide bonds. The van der Waals surface area contributed by atoms with E-state index in [0.717, 1.165) is 0 Å². The van der Waals surface area contributed by atoms with Crippen LogP contribution in [0.2, 0.25) is 0 Å². The molecule has 1 atom stereocenters. The van der Waals surface area contributed by atoms with E-state index in [1.807, 2.05) is 19.9 Å². The van der Waals surface area contributed by atoms with Gasteiger partial charge in [0, 0.05) is 24.2 Å². The summed E-state index contributed by atoms with van der Waals surface area (Å²) in [4.78, 5) is 44.1. The molecule has 144 valence electrons. The number of carboxylic acid groups (broad SMARTS) is 1. The van der Waals surface area contributed by atoms with Gasteiger partial charge in [0.2, 0.25) is 0 Å². The van der Waals surface area contributed by atoms with Crippen molar-refractivity contribution in [1.29, 1.82) is 0 Å². The third-order valence-electron chi connectivity index (χ3n) is 4.52. The predicted molar refractivity (Wildman–Crippen MR) is 100 cm³/mol. The number of amides is 2. The van der Waals surface area contributed by atoms with Crippen LogP contribution in [0.3, 0.4) is 0 Å². The van der Waals surface area contributed by atoms with Gasteiger partial charge in [-0.25, -0.2) is 0 Å². The Labute approximate surface area is 162 Å². The van der Waals surface area contributed by atoms with Gasteiger partial charge in [0.25, 0.3) is 11.8 Å². The Morgan fingerprint density at radius 3 is 2.32 bits per heavy atom. The van der Waals surface area contributed by atoms with Crippen LogP contribution < -0.4 is 5.11 Å². The van der Waals surface area contributed by atoms with Crippen molar-refractivity contribution in [2.24, 2.45) is 5.92 Å². The van der Waals surface area contributed by atoms with Gasteiger partial charge in [-0.1, -0.05) is 44.2 Å². The Hall–Kier alpha value is -3.48. The smallest absolute Gasteiger partial charge is 0.258 e. The predicted octanol–water partition coefficient (Wildman–Crippen LogP) is 1.14. The molecule has 28 heavy (non-hydrogen) atoms. The largest absolute Gasteiger partial charge is 0.548 e. The number of hydrogen-bond acceptors (Lipinski definition) is 5. The normalized spacial score (nSPS) is 16.9. The number of carbonyl (C=O) groups excluding carboxylic acids is 3. The molecule has 1 aliphatic heterocycles. The Kier molecular flexibility index (Phi) is 5.54. The summed E-state index contributed by atoms with van der Waals surface area (Å²) in [5.41, 5.74) is 1.37. The quantitative estimate of drug-likeness (QED) is 0.778. The minimum absolute atomic E-state index is 0.226. The molecule has 0 N–H and O–H groups in total. The zero-order valence-electron chi connectivity index (χ0n) is 15.6. The highest BCUT2D eigenvalue weighted by Crippen LogP contribution is 2.30. The second-order valence-corrected chi connectivity index (χ2v) is 6.81. The summed E-state index contributed by atoms with van der Waals surface area (Å²) < 4.78 is 0. The van der Waals surface area contributed by atoms with Crippen molar-refractivity contribution in [1.82, 2.24) is 14.8 Å². The van der Waals surface area contributed by atoms with E-state index in [2.05, 4.69) is 4.98 Å². The summed E-state index contributed by atoms with van der Waals surface area (Å²) >= 11 is 0. The number of hydrogen-bond donors (Lipinski definition) is 0. The van der Waals surface area contributed by atoms with E-state index < -0.39 is 24.5 Å². The Balaban J connectivity index is 2.14. The van der Waals surface area contributed by atoms with Crippen LogP contribution in [0.15, 0.2) is 61.1 Å². The topological polar surface area (TPSA) is 93.6 Å². The summed E-state index contributed by atoms with van der Waals surface area (Å²) in [6.07, 6.45) is 4.56. The van der Waals surface area contributed by atoms with Gasteiger partial charge < -0.3 is 19.7 Å². The zero-order chi connectivity index (χ0) is 20.3. The van der Waals surface area contributed by atoms with Crippen LogP contribution in [0.25, 0.3) is 5.70 Å². The first-order chi connectivity index (χ1) is 13.4. The molecule has 1 unspecified atom stereocenters. The first kappa shape index (κ1) is 19.3. The lowest BCUT2D eigenvalue weighted by molar-refractivity contribution is -0.305. The lowest BCUT2D eigenvalue weighted by atomic mass is 9.96. The van der Waals surface area contributed by atoms with Gasteiger partial charge in [-0.2, -0.15) is 0 Å². The van der Waals surface area contributed by atoms with Gasteiger partial charge in [-0.05, 0) is 23.6 Å². The molecule has 2 heterocycles. The standard InChI is InChI=1S/C21H21N3O4/c1-14(2)19-21(28)23(13-18(25)26)17(15-6-4-3-5-7-15)12-24(19)20(27)16-8-10-22-11-9-16/h3-12,14,19H,13H2,1-2H3,(H,25,26)/p-1. The van der Waals surface area contributed by atoms with Crippen molar-refractivity contribution in [3.05, 3.63) is 72.2 Å². The fourth-order valence-electron chi connectivity index (χ4n) is 3.25. The van der Waals surface area contributed by atoms with E-state index in [9.17, 15) is 19.5 Å². The van der Waals surface area contributed by atoms with Gasteiger partial charge >= 0.3 is 0 Å². The molecule has 3 rings (SSSR count). The fraction of sp³-hybridized carbons (Fsp3) is 0.238. The maximum Gasteiger partial charge on any atom is 0.258 e. The number of nitrogens with zero attached hydrogens (tertiary/aromatic N) is 3. The minimum atomic E-state index is -1.37. The lowest BCUT2D eigenvalue weighted by Crippen LogP contribution is -2.56. The van der Waals surface area contributed by atoms with E-state index in [1.54, 1.807) is 42.6 Å². The molecule has 1 aliphatic rings. The number of pyridine rings is 1. The van der Waals surface area contributed by atoms with Crippen LogP contribution in [0.1, 0.15) is 29.8 Å². The summed E-state index contributed by atoms with van der Waals surface area (Å²) in [7, 11) is 0. The van der Waals surface area contributed by atoms with Gasteiger partial charge in [0.1, 0.15) is 6.04 Å². The highest BCUT2D eigenvalue weighted by molar-refractivity contribution is 6.03. The van der Waals surface area contributed by atoms with Gasteiger partial charge in [0.05, 0.1) is 18.2 Å². The number of rotatable bonds is 5. The minimum Gasteiger partial charge on any atom is -0.548 e. The SMILES string of the molecule is CC(C)C1C(=O)N(CC(=O)[O-])C(c2ccccc2)=CN1C(=O)c1ccncc1. The van der Waals surface area contributed by atoms with Crippen molar-refractivity contribution in [3.63, 3.8) is 0 Å². The maximum absolute atomic E-state index is 13.2. The summed E-state index contributed by atoms with van der Waals surface area (Å²) in [6, 6.07) is 11.2. The molecule has 0 fully saturated rings. The monoisotopic (exact) mass is 378 g/mol. The molecule has 0 bridgehead atoms. The van der Waals surface area contributed by atoms with Crippen molar-refractivity contribution in [3.8, 4) is 0 Å². The third kappa shape index (κ3) is 3.78. The van der Waals surface area contributed by atoms with Crippen LogP contribution in [0.4, 0.5) is 0 Å². The summed E-state index contributed by atoms with van der Waals surface area (Å²) in [5.74, 6) is -2.40. The van der Waals surface area contributed by atoms with E-state index in [-0.39, 0.29) is 11.8 Å². The first-order valence-electron chi connectivity index (χ1n) is 8.91. The van der Waals surface area contributed by atoms with Crippen molar-refractivity contribution in [2.75, 3.05) is 6.54 Å². The molecule has 1 aromatic heterocycles. The molecular weight excluding hydrogens is 358 g/mol. The van der Waals surface area contributed by atoms with Crippen LogP contribution in [0, 0.1) is 5.92 Å². The number of carboxylic acids is 1. The Morgan fingerprint density at radius 2 is 1.75 bits per heavy atom.